The van der Waals surface area contributed by atoms with Gasteiger partial charge >= 0.3 is 0 Å². The van der Waals surface area contributed by atoms with Crippen LogP contribution in [-0.4, -0.2) is 9.55 Å². The molecule has 3 aromatic heterocycles. The van der Waals surface area contributed by atoms with E-state index < -0.39 is 0 Å². The number of aromatic amines is 1. The summed E-state index contributed by atoms with van der Waals surface area (Å²) >= 11 is 0. The van der Waals surface area contributed by atoms with Crippen LogP contribution in [0.2, 0.25) is 0 Å². The summed E-state index contributed by atoms with van der Waals surface area (Å²) in [4.78, 5) is 3.67. The van der Waals surface area contributed by atoms with Gasteiger partial charge in [0.25, 0.3) is 0 Å². The Labute approximate surface area is 268 Å². The maximum Gasteiger partial charge on any atom is 0.143 e. The van der Waals surface area contributed by atoms with Crippen molar-refractivity contribution in [3.8, 4) is 16.8 Å². The first-order valence-corrected chi connectivity index (χ1v) is 16.1. The fourth-order valence-corrected chi connectivity index (χ4v) is 8.01. The topological polar surface area (TPSA) is 33.9 Å². The van der Waals surface area contributed by atoms with Crippen molar-refractivity contribution in [2.75, 3.05) is 0 Å². The predicted molar refractivity (Wildman–Crippen MR) is 198 cm³/mol. The summed E-state index contributed by atoms with van der Waals surface area (Å²) in [6.07, 6.45) is 0. The molecule has 0 aliphatic rings. The van der Waals surface area contributed by atoms with Crippen molar-refractivity contribution < 1.29 is 4.42 Å². The lowest BCUT2D eigenvalue weighted by Gasteiger charge is -2.15. The molecule has 0 atom stereocenters. The lowest BCUT2D eigenvalue weighted by atomic mass is 9.92. The van der Waals surface area contributed by atoms with Crippen LogP contribution in [0, 0.1) is 0 Å². The molecule has 47 heavy (non-hydrogen) atoms. The monoisotopic (exact) mass is 598 g/mol. The number of benzene rings is 8. The molecule has 0 amide bonds. The summed E-state index contributed by atoms with van der Waals surface area (Å²) in [6, 6.07) is 54.9. The minimum Gasteiger partial charge on any atom is -0.455 e. The first-order chi connectivity index (χ1) is 23.3. The smallest absolute Gasteiger partial charge is 0.143 e. The van der Waals surface area contributed by atoms with Gasteiger partial charge in [-0.15, -0.1) is 0 Å². The van der Waals surface area contributed by atoms with Crippen molar-refractivity contribution in [1.82, 2.24) is 9.55 Å². The number of fused-ring (bicyclic) bond motifs is 12. The van der Waals surface area contributed by atoms with Gasteiger partial charge in [-0.05, 0) is 75.6 Å². The Morgan fingerprint density at radius 3 is 2.00 bits per heavy atom. The van der Waals surface area contributed by atoms with Crippen LogP contribution in [-0.2, 0) is 0 Å². The molecule has 0 bridgehead atoms. The molecule has 11 aromatic rings. The quantitative estimate of drug-likeness (QED) is 0.197. The van der Waals surface area contributed by atoms with E-state index in [0.29, 0.717) is 0 Å². The van der Waals surface area contributed by atoms with Crippen molar-refractivity contribution in [3.05, 3.63) is 152 Å². The molecule has 0 saturated heterocycles. The molecule has 3 heterocycles. The molecular weight excluding hydrogens is 572 g/mol. The highest BCUT2D eigenvalue weighted by Gasteiger charge is 2.21. The number of aromatic nitrogens is 2. The lowest BCUT2D eigenvalue weighted by molar-refractivity contribution is 0.670. The van der Waals surface area contributed by atoms with Gasteiger partial charge in [0.15, 0.2) is 0 Å². The summed E-state index contributed by atoms with van der Waals surface area (Å²) < 4.78 is 9.17. The first kappa shape index (κ1) is 24.9. The summed E-state index contributed by atoms with van der Waals surface area (Å²) in [5.41, 5.74) is 9.86. The number of para-hydroxylation sites is 3. The SMILES string of the molecule is c1ccc2c(c1)cc(-c1cc(-n3c4ccccc4c4cc5[nH]c6ccccc6c5cc43)cc3c1oc1ccccc13)c1ccccc12. The molecule has 0 aliphatic heterocycles. The molecule has 0 unspecified atom stereocenters. The van der Waals surface area contributed by atoms with Gasteiger partial charge in [-0.25, -0.2) is 0 Å². The predicted octanol–water partition coefficient (Wildman–Crippen LogP) is 12.3. The van der Waals surface area contributed by atoms with Crippen LogP contribution in [0.4, 0.5) is 0 Å². The van der Waals surface area contributed by atoms with Gasteiger partial charge < -0.3 is 14.0 Å². The normalized spacial score (nSPS) is 12.3. The van der Waals surface area contributed by atoms with E-state index in [9.17, 15) is 0 Å². The molecule has 1 N–H and O–H groups in total. The Morgan fingerprint density at radius 2 is 1.11 bits per heavy atom. The largest absolute Gasteiger partial charge is 0.455 e. The van der Waals surface area contributed by atoms with Crippen LogP contribution in [0.15, 0.2) is 156 Å². The van der Waals surface area contributed by atoms with E-state index in [4.69, 9.17) is 4.42 Å². The van der Waals surface area contributed by atoms with Gasteiger partial charge in [-0.2, -0.15) is 0 Å². The average molecular weight is 599 g/mol. The number of nitrogens with one attached hydrogen (secondary N) is 1. The summed E-state index contributed by atoms with van der Waals surface area (Å²) in [5, 5.41) is 12.1. The second-order valence-corrected chi connectivity index (χ2v) is 12.6. The molecule has 218 valence electrons. The van der Waals surface area contributed by atoms with E-state index in [2.05, 4.69) is 161 Å². The second kappa shape index (κ2) is 9.12. The highest BCUT2D eigenvalue weighted by Crippen LogP contribution is 2.44. The van der Waals surface area contributed by atoms with Crippen LogP contribution in [0.1, 0.15) is 0 Å². The number of nitrogens with zero attached hydrogens (tertiary/aromatic N) is 1. The standard InChI is InChI=1S/C44H26N2O/c1-2-12-28-26(11-1)21-34(30-14-4-3-13-29(28)30)38-23-27(22-37-33-17-7-10-20-43(33)47-44(37)38)46-41-19-9-6-16-32(41)36-24-40-35(25-42(36)46)31-15-5-8-18-39(31)45-40/h1-25,45H. The summed E-state index contributed by atoms with van der Waals surface area (Å²) in [5.74, 6) is 0. The Balaban J connectivity index is 1.32. The Bertz CT molecular complexity index is 3080. The van der Waals surface area contributed by atoms with Crippen LogP contribution >= 0.6 is 0 Å². The van der Waals surface area contributed by atoms with E-state index in [1.54, 1.807) is 0 Å². The fourth-order valence-electron chi connectivity index (χ4n) is 8.01. The Morgan fingerprint density at radius 1 is 0.404 bits per heavy atom. The summed E-state index contributed by atoms with van der Waals surface area (Å²) in [6.45, 7) is 0. The molecular formula is C44H26N2O. The molecule has 0 radical (unpaired) electrons. The van der Waals surface area contributed by atoms with E-state index in [-0.39, 0.29) is 0 Å². The van der Waals surface area contributed by atoms with Gasteiger partial charge in [-0.1, -0.05) is 103 Å². The zero-order valence-corrected chi connectivity index (χ0v) is 25.3. The fraction of sp³-hybridized carbons (Fsp3) is 0. The van der Waals surface area contributed by atoms with E-state index in [0.717, 1.165) is 44.2 Å². The van der Waals surface area contributed by atoms with E-state index >= 15 is 0 Å². The number of hydrogen-bond donors (Lipinski definition) is 1. The Hall–Kier alpha value is -6.32. The van der Waals surface area contributed by atoms with Crippen LogP contribution in [0.25, 0.3) is 104 Å². The third-order valence-electron chi connectivity index (χ3n) is 10.1. The zero-order chi connectivity index (χ0) is 30.6. The maximum atomic E-state index is 6.73. The van der Waals surface area contributed by atoms with Crippen LogP contribution in [0.3, 0.4) is 0 Å². The van der Waals surface area contributed by atoms with E-state index in [1.165, 1.54) is 59.7 Å². The van der Waals surface area contributed by atoms with Gasteiger partial charge in [0.05, 0.1) is 11.0 Å². The van der Waals surface area contributed by atoms with Gasteiger partial charge in [0, 0.05) is 54.6 Å². The molecule has 0 saturated carbocycles. The average Bonchev–Trinajstić information content (AvgIpc) is 3.79. The molecule has 3 nitrogen and oxygen atoms in total. The lowest BCUT2D eigenvalue weighted by Crippen LogP contribution is -1.95. The van der Waals surface area contributed by atoms with Crippen molar-refractivity contribution in [1.29, 1.82) is 0 Å². The molecule has 0 fully saturated rings. The third kappa shape index (κ3) is 3.40. The molecule has 0 aliphatic carbocycles. The highest BCUT2D eigenvalue weighted by molar-refractivity contribution is 6.20. The summed E-state index contributed by atoms with van der Waals surface area (Å²) in [7, 11) is 0. The van der Waals surface area contributed by atoms with Gasteiger partial charge in [-0.3, -0.25) is 0 Å². The zero-order valence-electron chi connectivity index (χ0n) is 25.3. The Kier molecular flexibility index (Phi) is 4.84. The van der Waals surface area contributed by atoms with E-state index in [1.807, 2.05) is 0 Å². The molecule has 11 rings (SSSR count). The third-order valence-corrected chi connectivity index (χ3v) is 10.1. The minimum absolute atomic E-state index is 0.897. The molecule has 8 aromatic carbocycles. The van der Waals surface area contributed by atoms with Crippen LogP contribution in [0.5, 0.6) is 0 Å². The highest BCUT2D eigenvalue weighted by atomic mass is 16.3. The van der Waals surface area contributed by atoms with Crippen molar-refractivity contribution in [2.45, 2.75) is 0 Å². The minimum atomic E-state index is 0.897. The van der Waals surface area contributed by atoms with Crippen molar-refractivity contribution in [3.63, 3.8) is 0 Å². The van der Waals surface area contributed by atoms with Crippen molar-refractivity contribution >= 4 is 87.1 Å². The van der Waals surface area contributed by atoms with Gasteiger partial charge in [0.2, 0.25) is 0 Å². The van der Waals surface area contributed by atoms with Crippen molar-refractivity contribution in [2.24, 2.45) is 0 Å². The first-order valence-electron chi connectivity index (χ1n) is 16.1. The maximum absolute atomic E-state index is 6.73. The second-order valence-electron chi connectivity index (χ2n) is 12.6. The van der Waals surface area contributed by atoms with Crippen LogP contribution < -0.4 is 0 Å². The number of H-pyrrole nitrogens is 1. The molecule has 0 spiro atoms. The van der Waals surface area contributed by atoms with Gasteiger partial charge in [0.1, 0.15) is 11.2 Å². The number of hydrogen-bond acceptors (Lipinski definition) is 1. The number of furan rings is 1. The number of rotatable bonds is 2. The molecule has 3 heteroatoms.